The second-order valence-electron chi connectivity index (χ2n) is 6.99. The molecular weight excluding hydrogens is 359 g/mol. The minimum absolute atomic E-state index is 0.125. The van der Waals surface area contributed by atoms with Gasteiger partial charge in [-0.3, -0.25) is 0 Å². The lowest BCUT2D eigenvalue weighted by molar-refractivity contribution is 0.122. The molecule has 8 heteroatoms. The van der Waals surface area contributed by atoms with Gasteiger partial charge in [0.15, 0.2) is 0 Å². The van der Waals surface area contributed by atoms with Gasteiger partial charge in [0.2, 0.25) is 5.95 Å². The number of ether oxygens (including phenoxy) is 1. The van der Waals surface area contributed by atoms with E-state index in [0.717, 1.165) is 50.8 Å². The lowest BCUT2D eigenvalue weighted by atomic mass is 10.0. The zero-order valence-electron chi connectivity index (χ0n) is 15.6. The van der Waals surface area contributed by atoms with Gasteiger partial charge in [-0.25, -0.2) is 9.37 Å². The smallest absolute Gasteiger partial charge is 0.227 e. The monoisotopic (exact) mass is 382 g/mol. The van der Waals surface area contributed by atoms with Crippen LogP contribution in [0.5, 0.6) is 0 Å². The first-order valence-corrected chi connectivity index (χ1v) is 9.60. The first kappa shape index (κ1) is 18.4. The van der Waals surface area contributed by atoms with Gasteiger partial charge in [-0.1, -0.05) is 6.07 Å². The summed E-state index contributed by atoms with van der Waals surface area (Å²) in [5.41, 5.74) is 0.803. The first-order chi connectivity index (χ1) is 13.7. The van der Waals surface area contributed by atoms with Crippen molar-refractivity contribution in [3.63, 3.8) is 0 Å². The number of morpholine rings is 1. The fraction of sp³-hybridized carbons (Fsp3) is 0.450. The molecule has 0 spiro atoms. The minimum atomic E-state index is -0.461. The Bertz CT molecular complexity index is 856. The van der Waals surface area contributed by atoms with Crippen molar-refractivity contribution in [2.45, 2.75) is 18.9 Å². The van der Waals surface area contributed by atoms with E-state index in [2.05, 4.69) is 25.1 Å². The third kappa shape index (κ3) is 3.99. The number of hydrogen-bond acceptors (Lipinski definition) is 7. The Hall–Kier alpha value is -2.92. The van der Waals surface area contributed by atoms with E-state index in [1.165, 1.54) is 6.07 Å². The van der Waals surface area contributed by atoms with Gasteiger partial charge in [0.25, 0.3) is 0 Å². The zero-order valence-corrected chi connectivity index (χ0v) is 15.6. The SMILES string of the molecule is N#Cc1c(F)cccc1N1CCC(Nc2ccnc(N3CCOCC3)n2)CC1. The normalized spacial score (nSPS) is 18.0. The van der Waals surface area contributed by atoms with Gasteiger partial charge in [0.05, 0.1) is 18.9 Å². The van der Waals surface area contributed by atoms with Crippen LogP contribution in [0.1, 0.15) is 18.4 Å². The number of benzene rings is 1. The van der Waals surface area contributed by atoms with Crippen molar-refractivity contribution in [3.8, 4) is 6.07 Å². The molecule has 7 nitrogen and oxygen atoms in total. The van der Waals surface area contributed by atoms with Gasteiger partial charge in [-0.15, -0.1) is 0 Å². The Balaban J connectivity index is 1.37. The summed E-state index contributed by atoms with van der Waals surface area (Å²) >= 11 is 0. The summed E-state index contributed by atoms with van der Waals surface area (Å²) in [4.78, 5) is 13.2. The molecule has 0 aliphatic carbocycles. The highest BCUT2D eigenvalue weighted by molar-refractivity contribution is 5.60. The second-order valence-corrected chi connectivity index (χ2v) is 6.99. The third-order valence-electron chi connectivity index (χ3n) is 5.23. The van der Waals surface area contributed by atoms with Crippen LogP contribution in [-0.2, 0) is 4.74 Å². The summed E-state index contributed by atoms with van der Waals surface area (Å²) in [6, 6.07) is 8.95. The molecule has 0 amide bonds. The molecule has 2 saturated heterocycles. The first-order valence-electron chi connectivity index (χ1n) is 9.60. The topological polar surface area (TPSA) is 77.3 Å². The van der Waals surface area contributed by atoms with E-state index in [4.69, 9.17) is 4.74 Å². The number of piperidine rings is 1. The molecule has 1 aromatic heterocycles. The van der Waals surface area contributed by atoms with Crippen molar-refractivity contribution in [3.05, 3.63) is 41.8 Å². The maximum atomic E-state index is 13.9. The minimum Gasteiger partial charge on any atom is -0.378 e. The average molecular weight is 382 g/mol. The number of aromatic nitrogens is 2. The molecule has 0 radical (unpaired) electrons. The van der Waals surface area contributed by atoms with Gasteiger partial charge in [0.1, 0.15) is 23.3 Å². The molecule has 2 aliphatic rings. The van der Waals surface area contributed by atoms with E-state index in [-0.39, 0.29) is 11.6 Å². The highest BCUT2D eigenvalue weighted by Crippen LogP contribution is 2.26. The maximum absolute atomic E-state index is 13.9. The fourth-order valence-electron chi connectivity index (χ4n) is 3.71. The molecule has 2 fully saturated rings. The molecule has 2 aromatic rings. The van der Waals surface area contributed by atoms with Crippen LogP contribution in [-0.4, -0.2) is 55.4 Å². The molecule has 4 rings (SSSR count). The van der Waals surface area contributed by atoms with Crippen molar-refractivity contribution in [1.82, 2.24) is 9.97 Å². The van der Waals surface area contributed by atoms with Crippen LogP contribution in [0.2, 0.25) is 0 Å². The van der Waals surface area contributed by atoms with Crippen LogP contribution >= 0.6 is 0 Å². The van der Waals surface area contributed by atoms with Crippen molar-refractivity contribution in [1.29, 1.82) is 5.26 Å². The molecule has 146 valence electrons. The molecule has 2 aliphatic heterocycles. The van der Waals surface area contributed by atoms with E-state index in [9.17, 15) is 9.65 Å². The van der Waals surface area contributed by atoms with E-state index >= 15 is 0 Å². The Morgan fingerprint density at radius 1 is 1.11 bits per heavy atom. The highest BCUT2D eigenvalue weighted by Gasteiger charge is 2.23. The number of hydrogen-bond donors (Lipinski definition) is 1. The molecule has 1 N–H and O–H groups in total. The predicted molar refractivity (Wildman–Crippen MR) is 105 cm³/mol. The van der Waals surface area contributed by atoms with Crippen molar-refractivity contribution in [2.75, 3.05) is 54.5 Å². The molecule has 0 atom stereocenters. The zero-order chi connectivity index (χ0) is 19.3. The Labute approximate surface area is 163 Å². The summed E-state index contributed by atoms with van der Waals surface area (Å²) in [7, 11) is 0. The fourth-order valence-corrected chi connectivity index (χ4v) is 3.71. The van der Waals surface area contributed by atoms with E-state index < -0.39 is 5.82 Å². The van der Waals surface area contributed by atoms with Crippen LogP contribution in [0.25, 0.3) is 0 Å². The second kappa shape index (κ2) is 8.40. The largest absolute Gasteiger partial charge is 0.378 e. The summed E-state index contributed by atoms with van der Waals surface area (Å²) in [6.45, 7) is 4.52. The van der Waals surface area contributed by atoms with Gasteiger partial charge in [-0.2, -0.15) is 10.2 Å². The predicted octanol–water partition coefficient (Wildman–Crippen LogP) is 2.40. The summed E-state index contributed by atoms with van der Waals surface area (Å²) in [5.74, 6) is 1.08. The number of halogens is 1. The van der Waals surface area contributed by atoms with Gasteiger partial charge in [0, 0.05) is 38.4 Å². The standard InChI is InChI=1S/C20H23FN6O/c21-17-2-1-3-18(16(17)14-22)26-8-5-15(6-9-26)24-19-4-7-23-20(25-19)27-10-12-28-13-11-27/h1-4,7,15H,5-6,8-13H2,(H,23,24,25). The van der Waals surface area contributed by atoms with Gasteiger partial charge < -0.3 is 19.9 Å². The number of nitriles is 1. The molecule has 1 aromatic carbocycles. The Kier molecular flexibility index (Phi) is 5.53. The number of nitrogens with zero attached hydrogens (tertiary/aromatic N) is 5. The number of anilines is 3. The number of rotatable bonds is 4. The van der Waals surface area contributed by atoms with Crippen LogP contribution in [0.15, 0.2) is 30.5 Å². The highest BCUT2D eigenvalue weighted by atomic mass is 19.1. The summed E-state index contributed by atoms with van der Waals surface area (Å²) < 4.78 is 19.3. The van der Waals surface area contributed by atoms with E-state index in [1.807, 2.05) is 18.2 Å². The van der Waals surface area contributed by atoms with Gasteiger partial charge in [-0.05, 0) is 31.0 Å². The summed E-state index contributed by atoms with van der Waals surface area (Å²) in [6.07, 6.45) is 3.55. The molecule has 0 saturated carbocycles. The Morgan fingerprint density at radius 3 is 2.64 bits per heavy atom. The van der Waals surface area contributed by atoms with E-state index in [1.54, 1.807) is 12.3 Å². The maximum Gasteiger partial charge on any atom is 0.227 e. The number of nitrogens with one attached hydrogen (secondary N) is 1. The molecular formula is C20H23FN6O. The average Bonchev–Trinajstić information content (AvgIpc) is 2.75. The lowest BCUT2D eigenvalue weighted by Crippen LogP contribution is -2.40. The lowest BCUT2D eigenvalue weighted by Gasteiger charge is -2.34. The van der Waals surface area contributed by atoms with Crippen molar-refractivity contribution in [2.24, 2.45) is 0 Å². The van der Waals surface area contributed by atoms with Crippen LogP contribution in [0.4, 0.5) is 21.8 Å². The quantitative estimate of drug-likeness (QED) is 0.870. The van der Waals surface area contributed by atoms with Crippen LogP contribution in [0, 0.1) is 17.1 Å². The van der Waals surface area contributed by atoms with Crippen LogP contribution in [0.3, 0.4) is 0 Å². The van der Waals surface area contributed by atoms with Gasteiger partial charge >= 0.3 is 0 Å². The van der Waals surface area contributed by atoms with Crippen molar-refractivity contribution < 1.29 is 9.13 Å². The van der Waals surface area contributed by atoms with E-state index in [0.29, 0.717) is 18.9 Å². The van der Waals surface area contributed by atoms with Crippen molar-refractivity contribution >= 4 is 17.5 Å². The molecule has 0 unspecified atom stereocenters. The molecule has 3 heterocycles. The van der Waals surface area contributed by atoms with Crippen LogP contribution < -0.4 is 15.1 Å². The molecule has 28 heavy (non-hydrogen) atoms. The summed E-state index contributed by atoms with van der Waals surface area (Å²) in [5, 5.41) is 12.8. The Morgan fingerprint density at radius 2 is 1.89 bits per heavy atom. The molecule has 0 bridgehead atoms. The third-order valence-corrected chi connectivity index (χ3v) is 5.23.